The Morgan fingerprint density at radius 1 is 1.04 bits per heavy atom. The smallest absolute Gasteiger partial charge is 0.00358 e. The Labute approximate surface area is 177 Å². The summed E-state index contributed by atoms with van der Waals surface area (Å²) in [6.45, 7) is 23.1. The molecule has 0 aromatic heterocycles. The van der Waals surface area contributed by atoms with Gasteiger partial charge in [0.1, 0.15) is 0 Å². The first kappa shape index (κ1) is 22.6. The molecule has 3 fully saturated rings. The van der Waals surface area contributed by atoms with Gasteiger partial charge in [0.2, 0.25) is 0 Å². The van der Waals surface area contributed by atoms with E-state index in [1.165, 1.54) is 44.9 Å². The highest BCUT2D eigenvalue weighted by Gasteiger charge is 2.80. The molecule has 0 amide bonds. The average molecular weight is 390 g/mol. The quantitative estimate of drug-likeness (QED) is 0.474. The van der Waals surface area contributed by atoms with Gasteiger partial charge in [-0.05, 0) is 104 Å². The van der Waals surface area contributed by atoms with Crippen LogP contribution in [0.2, 0.25) is 0 Å². The lowest BCUT2D eigenvalue weighted by atomic mass is 9.47. The second-order valence-corrected chi connectivity index (χ2v) is 12.7. The lowest BCUT2D eigenvalue weighted by Crippen LogP contribution is -2.49. The van der Waals surface area contributed by atoms with E-state index in [0.717, 1.165) is 29.6 Å². The van der Waals surface area contributed by atoms with Crippen LogP contribution in [0.25, 0.3) is 0 Å². The summed E-state index contributed by atoms with van der Waals surface area (Å²) in [7, 11) is 2.11. The van der Waals surface area contributed by atoms with E-state index >= 15 is 0 Å². The Hall–Kier alpha value is -0.0400. The van der Waals surface area contributed by atoms with E-state index in [1.54, 1.807) is 0 Å². The van der Waals surface area contributed by atoms with E-state index < -0.39 is 0 Å². The largest absolute Gasteiger partial charge is 0.317 e. The molecule has 3 saturated carbocycles. The highest BCUT2D eigenvalue weighted by Crippen LogP contribution is 2.86. The van der Waals surface area contributed by atoms with Crippen LogP contribution in [0.5, 0.6) is 0 Å². The van der Waals surface area contributed by atoms with Crippen molar-refractivity contribution in [3.63, 3.8) is 0 Å². The van der Waals surface area contributed by atoms with Crippen LogP contribution in [0.3, 0.4) is 0 Å². The van der Waals surface area contributed by atoms with Crippen LogP contribution in [0.4, 0.5) is 0 Å². The van der Waals surface area contributed by atoms with Gasteiger partial charge in [0, 0.05) is 6.04 Å². The van der Waals surface area contributed by atoms with Crippen molar-refractivity contribution in [3.05, 3.63) is 0 Å². The maximum Gasteiger partial charge on any atom is 0.00358 e. The van der Waals surface area contributed by atoms with Gasteiger partial charge in [-0.3, -0.25) is 0 Å². The first-order valence-electron chi connectivity index (χ1n) is 12.6. The molecule has 1 spiro atoms. The first-order chi connectivity index (χ1) is 12.9. The van der Waals surface area contributed by atoms with Gasteiger partial charge in [0.25, 0.3) is 0 Å². The van der Waals surface area contributed by atoms with Crippen LogP contribution in [-0.2, 0) is 0 Å². The lowest BCUT2D eigenvalue weighted by molar-refractivity contribution is -0.0823. The fourth-order valence-electron chi connectivity index (χ4n) is 9.02. The van der Waals surface area contributed by atoms with Gasteiger partial charge in [-0.25, -0.2) is 0 Å². The van der Waals surface area contributed by atoms with Crippen LogP contribution in [-0.4, -0.2) is 13.1 Å². The summed E-state index contributed by atoms with van der Waals surface area (Å²) >= 11 is 0. The van der Waals surface area contributed by atoms with Crippen LogP contribution in [0, 0.1) is 51.2 Å². The van der Waals surface area contributed by atoms with Crippen LogP contribution in [0.15, 0.2) is 0 Å². The molecule has 0 heterocycles. The van der Waals surface area contributed by atoms with Crippen molar-refractivity contribution < 1.29 is 0 Å². The van der Waals surface area contributed by atoms with E-state index in [2.05, 4.69) is 74.7 Å². The molecular weight excluding hydrogens is 338 g/mol. The van der Waals surface area contributed by atoms with E-state index in [1.807, 2.05) is 0 Å². The molecule has 0 aromatic rings. The second-order valence-electron chi connectivity index (χ2n) is 12.7. The molecular formula is C27H51N. The van der Waals surface area contributed by atoms with Crippen molar-refractivity contribution in [2.75, 3.05) is 7.05 Å². The van der Waals surface area contributed by atoms with Gasteiger partial charge in [0.05, 0.1) is 0 Å². The number of fused-ring (bicyclic) bond motifs is 1. The Balaban J connectivity index is 1.84. The Bertz CT molecular complexity index is 567. The highest BCUT2D eigenvalue weighted by atomic mass is 14.9. The fourth-order valence-corrected chi connectivity index (χ4v) is 9.02. The number of hydrogen-bond donors (Lipinski definition) is 1. The molecule has 0 bridgehead atoms. The molecule has 1 N–H and O–H groups in total. The summed E-state index contributed by atoms with van der Waals surface area (Å²) < 4.78 is 0. The Morgan fingerprint density at radius 2 is 1.68 bits per heavy atom. The minimum Gasteiger partial charge on any atom is -0.317 e. The van der Waals surface area contributed by atoms with Crippen LogP contribution >= 0.6 is 0 Å². The summed E-state index contributed by atoms with van der Waals surface area (Å²) in [6, 6.07) is 0.663. The third-order valence-electron chi connectivity index (χ3n) is 11.6. The molecule has 0 aromatic carbocycles. The van der Waals surface area contributed by atoms with Crippen molar-refractivity contribution in [2.24, 2.45) is 51.2 Å². The van der Waals surface area contributed by atoms with Crippen LogP contribution in [0.1, 0.15) is 107 Å². The Morgan fingerprint density at radius 3 is 2.25 bits per heavy atom. The monoisotopic (exact) mass is 389 g/mol. The molecule has 9 atom stereocenters. The average Bonchev–Trinajstić information content (AvgIpc) is 2.93. The summed E-state index contributed by atoms with van der Waals surface area (Å²) in [5.74, 6) is 4.45. The normalized spacial score (nSPS) is 47.6. The standard InChI is InChI=1S/C27H51N/c1-11-18(2)21(5)27-16-24(7,8)26(17-25(27,9)22(27)6)15-23(14-19(26)3)13-12-20(4)28-10/h18-23,28H,11-17H2,1-10H3/t18-,19+,20+,21+,22?,23-,25?,26?,27+/m1/s1. The van der Waals surface area contributed by atoms with Gasteiger partial charge in [-0.15, -0.1) is 0 Å². The minimum atomic E-state index is 0.474. The lowest BCUT2D eigenvalue weighted by Gasteiger charge is -2.57. The summed E-state index contributed by atoms with van der Waals surface area (Å²) in [4.78, 5) is 0. The predicted octanol–water partition coefficient (Wildman–Crippen LogP) is 7.55. The van der Waals surface area contributed by atoms with Gasteiger partial charge in [-0.2, -0.15) is 0 Å². The number of nitrogens with one attached hydrogen (secondary N) is 1. The topological polar surface area (TPSA) is 12.0 Å². The molecule has 3 rings (SSSR count). The van der Waals surface area contributed by atoms with Gasteiger partial charge in [0.15, 0.2) is 0 Å². The van der Waals surface area contributed by atoms with Crippen LogP contribution < -0.4 is 5.32 Å². The highest BCUT2D eigenvalue weighted by molar-refractivity contribution is 5.27. The number of hydrogen-bond acceptors (Lipinski definition) is 1. The molecule has 0 radical (unpaired) electrons. The van der Waals surface area contributed by atoms with Crippen molar-refractivity contribution in [3.8, 4) is 0 Å². The molecule has 1 heteroatoms. The van der Waals surface area contributed by atoms with Gasteiger partial charge < -0.3 is 5.32 Å². The predicted molar refractivity (Wildman–Crippen MR) is 123 cm³/mol. The zero-order valence-corrected chi connectivity index (χ0v) is 20.9. The third kappa shape index (κ3) is 2.96. The molecule has 164 valence electrons. The molecule has 3 aliphatic carbocycles. The third-order valence-corrected chi connectivity index (χ3v) is 11.6. The van der Waals surface area contributed by atoms with Gasteiger partial charge in [-0.1, -0.05) is 61.8 Å². The zero-order valence-electron chi connectivity index (χ0n) is 20.9. The maximum absolute atomic E-state index is 3.45. The van der Waals surface area contributed by atoms with E-state index in [0.29, 0.717) is 27.7 Å². The fraction of sp³-hybridized carbons (Fsp3) is 1.00. The molecule has 1 nitrogen and oxygen atoms in total. The number of rotatable bonds is 7. The second kappa shape index (κ2) is 7.28. The molecule has 3 unspecified atom stereocenters. The van der Waals surface area contributed by atoms with Crippen molar-refractivity contribution >= 4 is 0 Å². The summed E-state index contributed by atoms with van der Waals surface area (Å²) in [5.41, 5.74) is 2.21. The first-order valence-corrected chi connectivity index (χ1v) is 12.6. The molecule has 0 saturated heterocycles. The minimum absolute atomic E-state index is 0.474. The van der Waals surface area contributed by atoms with Crippen molar-refractivity contribution in [1.82, 2.24) is 5.32 Å². The van der Waals surface area contributed by atoms with E-state index in [4.69, 9.17) is 0 Å². The van der Waals surface area contributed by atoms with E-state index in [9.17, 15) is 0 Å². The van der Waals surface area contributed by atoms with E-state index in [-0.39, 0.29) is 0 Å². The SMILES string of the molecule is CC[C@@H](C)[C@H](C)[C@]12CC(C)(C)C3(C[C@H](CC[C@H](C)NC)C[C@@H]3C)CC1(C)C2C. The zero-order chi connectivity index (χ0) is 21.1. The maximum atomic E-state index is 3.45. The molecule has 28 heavy (non-hydrogen) atoms. The molecule has 3 aliphatic rings. The van der Waals surface area contributed by atoms with Gasteiger partial charge >= 0.3 is 0 Å². The Kier molecular flexibility index (Phi) is 5.89. The van der Waals surface area contributed by atoms with Crippen molar-refractivity contribution in [2.45, 2.75) is 113 Å². The summed E-state index contributed by atoms with van der Waals surface area (Å²) in [6.07, 6.45) is 10.0. The van der Waals surface area contributed by atoms with Crippen molar-refractivity contribution in [1.29, 1.82) is 0 Å². The molecule has 0 aliphatic heterocycles. The summed E-state index contributed by atoms with van der Waals surface area (Å²) in [5, 5.41) is 3.45.